The Morgan fingerprint density at radius 3 is 2.64 bits per heavy atom. The minimum atomic E-state index is -0.991. The Hall–Kier alpha value is -4.10. The van der Waals surface area contributed by atoms with Crippen LogP contribution < -0.4 is 5.32 Å². The van der Waals surface area contributed by atoms with Crippen LogP contribution in [0.4, 0.5) is 0 Å². The predicted octanol–water partition coefficient (Wildman–Crippen LogP) is 5.11. The highest BCUT2D eigenvalue weighted by molar-refractivity contribution is 6.30. The molecule has 2 aromatic heterocycles. The van der Waals surface area contributed by atoms with Crippen LogP contribution in [-0.2, 0) is 13.1 Å². The van der Waals surface area contributed by atoms with Crippen molar-refractivity contribution in [3.63, 3.8) is 0 Å². The van der Waals surface area contributed by atoms with Gasteiger partial charge in [-0.15, -0.1) is 0 Å². The molecule has 5 aromatic rings. The summed E-state index contributed by atoms with van der Waals surface area (Å²) in [5, 5.41) is 13.4. The lowest BCUT2D eigenvalue weighted by molar-refractivity contribution is 0.0696. The molecule has 1 amide bonds. The lowest BCUT2D eigenvalue weighted by Crippen LogP contribution is -2.23. The Morgan fingerprint density at radius 1 is 1.06 bits per heavy atom. The lowest BCUT2D eigenvalue weighted by atomic mass is 10.1. The van der Waals surface area contributed by atoms with Crippen molar-refractivity contribution in [3.8, 4) is 0 Å². The molecule has 33 heavy (non-hydrogen) atoms. The van der Waals surface area contributed by atoms with E-state index in [1.54, 1.807) is 18.2 Å². The van der Waals surface area contributed by atoms with Crippen LogP contribution in [0.1, 0.15) is 31.8 Å². The van der Waals surface area contributed by atoms with Gasteiger partial charge in [-0.1, -0.05) is 35.9 Å². The second kappa shape index (κ2) is 8.44. The van der Waals surface area contributed by atoms with Crippen LogP contribution in [0.5, 0.6) is 0 Å². The maximum Gasteiger partial charge on any atom is 0.335 e. The quantitative estimate of drug-likeness (QED) is 0.367. The highest BCUT2D eigenvalue weighted by atomic mass is 35.5. The number of halogens is 1. The van der Waals surface area contributed by atoms with E-state index in [4.69, 9.17) is 21.1 Å². The zero-order valence-corrected chi connectivity index (χ0v) is 18.0. The average Bonchev–Trinajstić information content (AvgIpc) is 3.44. The normalized spacial score (nSPS) is 11.2. The maximum absolute atomic E-state index is 13.2. The van der Waals surface area contributed by atoms with E-state index in [1.165, 1.54) is 18.5 Å². The molecule has 164 valence electrons. The molecule has 0 radical (unpaired) electrons. The molecule has 8 heteroatoms. The SMILES string of the molecule is O=C(O)c1ccc(CNC(=O)c2cc3ncoc3c3ccn(Cc4cccc(Cl)c4)c23)cc1. The first-order chi connectivity index (χ1) is 16.0. The Bertz CT molecular complexity index is 1500. The third-order valence-electron chi connectivity index (χ3n) is 5.48. The van der Waals surface area contributed by atoms with Gasteiger partial charge in [0.2, 0.25) is 0 Å². The van der Waals surface area contributed by atoms with Crippen LogP contribution in [-0.4, -0.2) is 26.5 Å². The highest BCUT2D eigenvalue weighted by Crippen LogP contribution is 2.30. The third-order valence-corrected chi connectivity index (χ3v) is 5.71. The number of carboxylic acid groups (broad SMARTS) is 1. The minimum absolute atomic E-state index is 0.196. The van der Waals surface area contributed by atoms with E-state index < -0.39 is 5.97 Å². The van der Waals surface area contributed by atoms with Gasteiger partial charge in [0.25, 0.3) is 5.91 Å². The van der Waals surface area contributed by atoms with Crippen LogP contribution in [0.2, 0.25) is 5.02 Å². The topological polar surface area (TPSA) is 97.4 Å². The summed E-state index contributed by atoms with van der Waals surface area (Å²) < 4.78 is 7.57. The first kappa shape index (κ1) is 20.8. The molecule has 0 aliphatic carbocycles. The molecule has 2 N–H and O–H groups in total. The van der Waals surface area contributed by atoms with Crippen molar-refractivity contribution < 1.29 is 19.1 Å². The maximum atomic E-state index is 13.2. The monoisotopic (exact) mass is 459 g/mol. The summed E-state index contributed by atoms with van der Waals surface area (Å²) >= 11 is 6.15. The first-order valence-corrected chi connectivity index (χ1v) is 10.6. The fourth-order valence-electron chi connectivity index (χ4n) is 3.90. The number of rotatable bonds is 6. The van der Waals surface area contributed by atoms with Crippen LogP contribution in [0.15, 0.2) is 77.7 Å². The third kappa shape index (κ3) is 4.06. The number of benzene rings is 3. The molecule has 2 heterocycles. The van der Waals surface area contributed by atoms with Crippen molar-refractivity contribution in [2.24, 2.45) is 0 Å². The Labute approximate surface area is 193 Å². The van der Waals surface area contributed by atoms with Crippen LogP contribution >= 0.6 is 11.6 Å². The highest BCUT2D eigenvalue weighted by Gasteiger charge is 2.19. The van der Waals surface area contributed by atoms with Crippen molar-refractivity contribution in [2.75, 3.05) is 0 Å². The summed E-state index contributed by atoms with van der Waals surface area (Å²) in [4.78, 5) is 28.5. The van der Waals surface area contributed by atoms with Crippen LogP contribution in [0.25, 0.3) is 22.0 Å². The van der Waals surface area contributed by atoms with Crippen molar-refractivity contribution >= 4 is 45.5 Å². The summed E-state index contributed by atoms with van der Waals surface area (Å²) in [6.45, 7) is 0.784. The van der Waals surface area contributed by atoms with Crippen molar-refractivity contribution in [1.29, 1.82) is 0 Å². The standard InChI is InChI=1S/C25H18ClN3O4/c26-18-3-1-2-16(10-18)13-29-9-8-19-22(29)20(11-21-23(19)33-14-28-21)24(30)27-12-15-4-6-17(7-5-15)25(31)32/h1-11,14H,12-13H2,(H,27,30)(H,31,32). The van der Waals surface area contributed by atoms with Crippen LogP contribution in [0.3, 0.4) is 0 Å². The second-order valence-corrected chi connectivity index (χ2v) is 8.08. The summed E-state index contributed by atoms with van der Waals surface area (Å²) in [6.07, 6.45) is 3.28. The van der Waals surface area contributed by atoms with E-state index in [-0.39, 0.29) is 18.0 Å². The summed E-state index contributed by atoms with van der Waals surface area (Å²) in [7, 11) is 0. The number of carbonyl (C=O) groups is 2. The number of aromatic carboxylic acids is 1. The van der Waals surface area contributed by atoms with E-state index in [0.717, 1.165) is 22.0 Å². The van der Waals surface area contributed by atoms with Gasteiger partial charge in [-0.2, -0.15) is 0 Å². The van der Waals surface area contributed by atoms with Gasteiger partial charge in [0.15, 0.2) is 12.0 Å². The molecule has 0 saturated heterocycles. The molecule has 0 aliphatic rings. The van der Waals surface area contributed by atoms with Gasteiger partial charge in [-0.25, -0.2) is 9.78 Å². The molecule has 5 rings (SSSR count). The number of nitrogens with one attached hydrogen (secondary N) is 1. The number of carboxylic acids is 1. The van der Waals surface area contributed by atoms with Crippen LogP contribution in [0, 0.1) is 0 Å². The number of amides is 1. The molecule has 0 atom stereocenters. The Balaban J connectivity index is 1.49. The molecule has 7 nitrogen and oxygen atoms in total. The van der Waals surface area contributed by atoms with Gasteiger partial charge < -0.3 is 19.4 Å². The number of nitrogens with zero attached hydrogens (tertiary/aromatic N) is 2. The van der Waals surface area contributed by atoms with E-state index in [2.05, 4.69) is 10.3 Å². The molecule has 0 spiro atoms. The number of hydrogen-bond donors (Lipinski definition) is 2. The van der Waals surface area contributed by atoms with E-state index in [9.17, 15) is 9.59 Å². The zero-order chi connectivity index (χ0) is 22.9. The number of hydrogen-bond acceptors (Lipinski definition) is 4. The van der Waals surface area contributed by atoms with Gasteiger partial charge >= 0.3 is 5.97 Å². The Morgan fingerprint density at radius 2 is 1.88 bits per heavy atom. The second-order valence-electron chi connectivity index (χ2n) is 7.65. The molecule has 3 aromatic carbocycles. The fraction of sp³-hybridized carbons (Fsp3) is 0.0800. The minimum Gasteiger partial charge on any atom is -0.478 e. The molecule has 0 bridgehead atoms. The number of oxazole rings is 1. The predicted molar refractivity (Wildman–Crippen MR) is 125 cm³/mol. The van der Waals surface area contributed by atoms with E-state index in [0.29, 0.717) is 28.2 Å². The van der Waals surface area contributed by atoms with Crippen molar-refractivity contribution in [1.82, 2.24) is 14.9 Å². The summed E-state index contributed by atoms with van der Waals surface area (Å²) in [5.41, 5.74) is 4.42. The van der Waals surface area contributed by atoms with E-state index >= 15 is 0 Å². The largest absolute Gasteiger partial charge is 0.478 e. The molecule has 0 fully saturated rings. The number of aromatic nitrogens is 2. The van der Waals surface area contributed by atoms with E-state index in [1.807, 2.05) is 41.1 Å². The number of carbonyl (C=O) groups excluding carboxylic acids is 1. The van der Waals surface area contributed by atoms with Crippen molar-refractivity contribution in [2.45, 2.75) is 13.1 Å². The molecular weight excluding hydrogens is 442 g/mol. The molecule has 0 aliphatic heterocycles. The molecular formula is C25H18ClN3O4. The fourth-order valence-corrected chi connectivity index (χ4v) is 4.11. The van der Waals surface area contributed by atoms with Gasteiger partial charge in [0.05, 0.1) is 16.6 Å². The first-order valence-electron chi connectivity index (χ1n) is 10.2. The Kier molecular flexibility index (Phi) is 5.32. The van der Waals surface area contributed by atoms with Gasteiger partial charge in [0, 0.05) is 29.7 Å². The molecule has 0 unspecified atom stereocenters. The number of fused-ring (bicyclic) bond motifs is 3. The zero-order valence-electron chi connectivity index (χ0n) is 17.3. The van der Waals surface area contributed by atoms with Gasteiger partial charge in [-0.05, 0) is 47.5 Å². The molecule has 0 saturated carbocycles. The lowest BCUT2D eigenvalue weighted by Gasteiger charge is -2.11. The summed E-state index contributed by atoms with van der Waals surface area (Å²) in [5.74, 6) is -1.26. The smallest absolute Gasteiger partial charge is 0.335 e. The average molecular weight is 460 g/mol. The summed E-state index contributed by atoms with van der Waals surface area (Å²) in [6, 6.07) is 17.6. The van der Waals surface area contributed by atoms with Gasteiger partial charge in [-0.3, -0.25) is 4.79 Å². The van der Waals surface area contributed by atoms with Gasteiger partial charge in [0.1, 0.15) is 5.52 Å². The van der Waals surface area contributed by atoms with Crippen molar-refractivity contribution in [3.05, 3.63) is 101 Å².